The molecule has 0 unspecified atom stereocenters. The Bertz CT molecular complexity index is 284. The van der Waals surface area contributed by atoms with Crippen LogP contribution in [0.1, 0.15) is 5.56 Å². The zero-order valence-electron chi connectivity index (χ0n) is 10.2. The first-order chi connectivity index (χ1) is 8.33. The Morgan fingerprint density at radius 1 is 0.882 bits per heavy atom. The smallest absolute Gasteiger partial charge is 0.119 e. The van der Waals surface area contributed by atoms with Crippen molar-refractivity contribution in [3.63, 3.8) is 0 Å². The van der Waals surface area contributed by atoms with Crippen molar-refractivity contribution in [2.75, 3.05) is 39.6 Å². The first-order valence-corrected chi connectivity index (χ1v) is 5.79. The highest BCUT2D eigenvalue weighted by Gasteiger charge is 1.93. The summed E-state index contributed by atoms with van der Waals surface area (Å²) in [6.07, 6.45) is 0. The van der Waals surface area contributed by atoms with Gasteiger partial charge in [-0.3, -0.25) is 0 Å². The van der Waals surface area contributed by atoms with Crippen LogP contribution in [-0.4, -0.2) is 44.7 Å². The Hall–Kier alpha value is -1.10. The maximum Gasteiger partial charge on any atom is 0.119 e. The third kappa shape index (κ3) is 6.94. The predicted molar refractivity (Wildman–Crippen MR) is 65.4 cm³/mol. The van der Waals surface area contributed by atoms with Gasteiger partial charge in [-0.2, -0.15) is 0 Å². The van der Waals surface area contributed by atoms with E-state index in [0.29, 0.717) is 33.0 Å². The number of aryl methyl sites for hydroxylation is 1. The standard InChI is InChI=1S/C13H20O4/c1-12-2-4-13(5-3-12)17-11-10-16-9-8-15-7-6-14/h2-5,14H,6-11H2,1H3. The van der Waals surface area contributed by atoms with Gasteiger partial charge in [0.1, 0.15) is 12.4 Å². The molecule has 1 aromatic rings. The van der Waals surface area contributed by atoms with Crippen LogP contribution in [0.2, 0.25) is 0 Å². The van der Waals surface area contributed by atoms with E-state index in [1.54, 1.807) is 0 Å². The van der Waals surface area contributed by atoms with E-state index in [0.717, 1.165) is 5.75 Å². The SMILES string of the molecule is Cc1ccc(OCCOCCOCCO)cc1. The van der Waals surface area contributed by atoms with Crippen molar-refractivity contribution in [3.05, 3.63) is 29.8 Å². The molecule has 0 aromatic heterocycles. The second-order valence-electron chi connectivity index (χ2n) is 3.61. The summed E-state index contributed by atoms with van der Waals surface area (Å²) in [5.41, 5.74) is 1.22. The normalized spacial score (nSPS) is 10.5. The van der Waals surface area contributed by atoms with Gasteiger partial charge in [0.05, 0.1) is 33.0 Å². The van der Waals surface area contributed by atoms with E-state index in [4.69, 9.17) is 19.3 Å². The Labute approximate surface area is 102 Å². The average Bonchev–Trinajstić information content (AvgIpc) is 2.35. The molecule has 0 saturated heterocycles. The molecule has 0 aliphatic heterocycles. The highest BCUT2D eigenvalue weighted by Crippen LogP contribution is 2.10. The van der Waals surface area contributed by atoms with Crippen LogP contribution in [0.5, 0.6) is 5.75 Å². The molecule has 96 valence electrons. The van der Waals surface area contributed by atoms with Gasteiger partial charge in [0, 0.05) is 0 Å². The molecule has 1 aromatic carbocycles. The minimum Gasteiger partial charge on any atom is -0.491 e. The summed E-state index contributed by atoms with van der Waals surface area (Å²) in [5, 5.41) is 8.47. The summed E-state index contributed by atoms with van der Waals surface area (Å²) in [4.78, 5) is 0. The van der Waals surface area contributed by atoms with E-state index in [-0.39, 0.29) is 6.61 Å². The molecule has 0 atom stereocenters. The van der Waals surface area contributed by atoms with Crippen LogP contribution in [0.25, 0.3) is 0 Å². The minimum atomic E-state index is 0.0521. The van der Waals surface area contributed by atoms with Crippen LogP contribution in [0.4, 0.5) is 0 Å². The molecule has 0 radical (unpaired) electrons. The summed E-state index contributed by atoms with van der Waals surface area (Å²) in [7, 11) is 0. The number of ether oxygens (including phenoxy) is 3. The zero-order valence-corrected chi connectivity index (χ0v) is 10.2. The zero-order chi connectivity index (χ0) is 12.3. The first kappa shape index (κ1) is 14.0. The summed E-state index contributed by atoms with van der Waals surface area (Å²) < 4.78 is 15.8. The van der Waals surface area contributed by atoms with Gasteiger partial charge in [-0.25, -0.2) is 0 Å². The largest absolute Gasteiger partial charge is 0.491 e. The molecule has 0 aliphatic carbocycles. The highest BCUT2D eigenvalue weighted by molar-refractivity contribution is 5.26. The molecular formula is C13H20O4. The van der Waals surface area contributed by atoms with E-state index >= 15 is 0 Å². The lowest BCUT2D eigenvalue weighted by molar-refractivity contribution is 0.0247. The molecule has 0 saturated carbocycles. The fraction of sp³-hybridized carbons (Fsp3) is 0.538. The van der Waals surface area contributed by atoms with Crippen molar-refractivity contribution in [1.29, 1.82) is 0 Å². The van der Waals surface area contributed by atoms with Gasteiger partial charge in [-0.15, -0.1) is 0 Å². The van der Waals surface area contributed by atoms with Crippen LogP contribution in [0.3, 0.4) is 0 Å². The van der Waals surface area contributed by atoms with Crippen LogP contribution < -0.4 is 4.74 Å². The number of aliphatic hydroxyl groups is 1. The number of hydrogen-bond donors (Lipinski definition) is 1. The second kappa shape index (κ2) is 8.98. The summed E-state index contributed by atoms with van der Waals surface area (Å²) in [6.45, 7) is 4.56. The van der Waals surface area contributed by atoms with Crippen molar-refractivity contribution < 1.29 is 19.3 Å². The van der Waals surface area contributed by atoms with Gasteiger partial charge in [0.2, 0.25) is 0 Å². The van der Waals surface area contributed by atoms with E-state index in [1.807, 2.05) is 31.2 Å². The number of benzene rings is 1. The third-order valence-electron chi connectivity index (χ3n) is 2.13. The van der Waals surface area contributed by atoms with E-state index in [1.165, 1.54) is 5.56 Å². The molecule has 1 rings (SSSR count). The van der Waals surface area contributed by atoms with Gasteiger partial charge in [-0.1, -0.05) is 17.7 Å². The summed E-state index contributed by atoms with van der Waals surface area (Å²) in [6, 6.07) is 7.91. The van der Waals surface area contributed by atoms with Crippen LogP contribution in [0, 0.1) is 6.92 Å². The predicted octanol–water partition coefficient (Wildman–Crippen LogP) is 1.40. The fourth-order valence-electron chi connectivity index (χ4n) is 1.24. The Balaban J connectivity index is 1.95. The van der Waals surface area contributed by atoms with Crippen molar-refractivity contribution in [1.82, 2.24) is 0 Å². The highest BCUT2D eigenvalue weighted by atomic mass is 16.5. The quantitative estimate of drug-likeness (QED) is 0.663. The van der Waals surface area contributed by atoms with Gasteiger partial charge in [0.25, 0.3) is 0 Å². The van der Waals surface area contributed by atoms with Crippen LogP contribution >= 0.6 is 0 Å². The molecule has 0 aliphatic rings. The lowest BCUT2D eigenvalue weighted by Gasteiger charge is -2.07. The summed E-state index contributed by atoms with van der Waals surface area (Å²) >= 11 is 0. The molecule has 17 heavy (non-hydrogen) atoms. The van der Waals surface area contributed by atoms with Crippen molar-refractivity contribution in [2.24, 2.45) is 0 Å². The van der Waals surface area contributed by atoms with Crippen molar-refractivity contribution >= 4 is 0 Å². The lowest BCUT2D eigenvalue weighted by Crippen LogP contribution is -2.11. The molecule has 0 spiro atoms. The van der Waals surface area contributed by atoms with E-state index in [2.05, 4.69) is 0 Å². The van der Waals surface area contributed by atoms with Gasteiger partial charge in [0.15, 0.2) is 0 Å². The van der Waals surface area contributed by atoms with Crippen LogP contribution in [-0.2, 0) is 9.47 Å². The molecule has 0 fully saturated rings. The lowest BCUT2D eigenvalue weighted by atomic mass is 10.2. The molecule has 0 heterocycles. The third-order valence-corrected chi connectivity index (χ3v) is 2.13. The van der Waals surface area contributed by atoms with Crippen molar-refractivity contribution in [3.8, 4) is 5.75 Å². The van der Waals surface area contributed by atoms with E-state index in [9.17, 15) is 0 Å². The van der Waals surface area contributed by atoms with E-state index < -0.39 is 0 Å². The summed E-state index contributed by atoms with van der Waals surface area (Å²) in [5.74, 6) is 0.857. The molecule has 4 heteroatoms. The number of aliphatic hydroxyl groups excluding tert-OH is 1. The fourth-order valence-corrected chi connectivity index (χ4v) is 1.24. The molecular weight excluding hydrogens is 220 g/mol. The molecule has 1 N–H and O–H groups in total. The van der Waals surface area contributed by atoms with Crippen molar-refractivity contribution in [2.45, 2.75) is 6.92 Å². The Morgan fingerprint density at radius 2 is 1.47 bits per heavy atom. The second-order valence-corrected chi connectivity index (χ2v) is 3.61. The number of rotatable bonds is 9. The molecule has 0 amide bonds. The maximum atomic E-state index is 8.47. The van der Waals surface area contributed by atoms with Crippen LogP contribution in [0.15, 0.2) is 24.3 Å². The minimum absolute atomic E-state index is 0.0521. The van der Waals surface area contributed by atoms with Gasteiger partial charge < -0.3 is 19.3 Å². The Kier molecular flexibility index (Phi) is 7.38. The molecule has 4 nitrogen and oxygen atoms in total. The monoisotopic (exact) mass is 240 g/mol. The maximum absolute atomic E-state index is 8.47. The molecule has 0 bridgehead atoms. The Morgan fingerprint density at radius 3 is 2.12 bits per heavy atom. The number of hydrogen-bond acceptors (Lipinski definition) is 4. The van der Waals surface area contributed by atoms with Gasteiger partial charge in [-0.05, 0) is 19.1 Å². The van der Waals surface area contributed by atoms with Gasteiger partial charge >= 0.3 is 0 Å². The average molecular weight is 240 g/mol. The first-order valence-electron chi connectivity index (χ1n) is 5.79. The topological polar surface area (TPSA) is 47.9 Å².